The lowest BCUT2D eigenvalue weighted by Gasteiger charge is -2.11. The van der Waals surface area contributed by atoms with Crippen LogP contribution in [0.4, 0.5) is 11.4 Å². The predicted molar refractivity (Wildman–Crippen MR) is 102 cm³/mol. The SMILES string of the molecule is COc1ccc([N+](=O)[O-])cc1NC(=O)Cn1cnc(-c2ccccc2)cc1=O. The number of methoxy groups -OCH3 is 1. The smallest absolute Gasteiger partial charge is 0.271 e. The molecule has 0 unspecified atom stereocenters. The van der Waals surface area contributed by atoms with Crippen LogP contribution in [-0.4, -0.2) is 27.5 Å². The lowest BCUT2D eigenvalue weighted by molar-refractivity contribution is -0.384. The number of ether oxygens (including phenoxy) is 1. The van der Waals surface area contributed by atoms with Gasteiger partial charge in [-0.1, -0.05) is 30.3 Å². The first-order chi connectivity index (χ1) is 13.5. The zero-order chi connectivity index (χ0) is 20.1. The van der Waals surface area contributed by atoms with Crippen LogP contribution in [0.2, 0.25) is 0 Å². The molecule has 3 aromatic rings. The van der Waals surface area contributed by atoms with E-state index in [0.717, 1.165) is 10.1 Å². The van der Waals surface area contributed by atoms with Crippen molar-refractivity contribution < 1.29 is 14.5 Å². The molecule has 142 valence electrons. The molecule has 0 aliphatic carbocycles. The van der Waals surface area contributed by atoms with Crippen LogP contribution in [0.15, 0.2) is 65.7 Å². The molecular weight excluding hydrogens is 364 g/mol. The van der Waals surface area contributed by atoms with E-state index in [9.17, 15) is 19.7 Å². The number of nitro benzene ring substituents is 1. The summed E-state index contributed by atoms with van der Waals surface area (Å²) in [6.45, 7) is -0.299. The Balaban J connectivity index is 1.78. The molecule has 1 aromatic heterocycles. The summed E-state index contributed by atoms with van der Waals surface area (Å²) in [7, 11) is 1.38. The highest BCUT2D eigenvalue weighted by Crippen LogP contribution is 2.28. The number of non-ortho nitro benzene ring substituents is 1. The lowest BCUT2D eigenvalue weighted by atomic mass is 10.1. The Morgan fingerprint density at radius 3 is 2.61 bits per heavy atom. The monoisotopic (exact) mass is 380 g/mol. The number of anilines is 1. The number of nitrogens with zero attached hydrogens (tertiary/aromatic N) is 3. The van der Waals surface area contributed by atoms with E-state index in [4.69, 9.17) is 4.74 Å². The zero-order valence-electron chi connectivity index (χ0n) is 14.9. The van der Waals surface area contributed by atoms with Gasteiger partial charge in [0.2, 0.25) is 5.91 Å². The van der Waals surface area contributed by atoms with Gasteiger partial charge < -0.3 is 10.1 Å². The van der Waals surface area contributed by atoms with Crippen LogP contribution in [0.3, 0.4) is 0 Å². The third-order valence-electron chi connectivity index (χ3n) is 3.93. The Morgan fingerprint density at radius 2 is 1.96 bits per heavy atom. The Labute approximate surface area is 159 Å². The lowest BCUT2D eigenvalue weighted by Crippen LogP contribution is -2.27. The maximum atomic E-state index is 12.3. The quantitative estimate of drug-likeness (QED) is 0.519. The van der Waals surface area contributed by atoms with Crippen LogP contribution in [0.5, 0.6) is 5.75 Å². The summed E-state index contributed by atoms with van der Waals surface area (Å²) >= 11 is 0. The molecule has 0 atom stereocenters. The molecule has 0 radical (unpaired) electrons. The van der Waals surface area contributed by atoms with E-state index in [1.165, 1.54) is 37.7 Å². The Morgan fingerprint density at radius 1 is 1.21 bits per heavy atom. The fraction of sp³-hybridized carbons (Fsp3) is 0.105. The van der Waals surface area contributed by atoms with Crippen LogP contribution in [0.25, 0.3) is 11.3 Å². The van der Waals surface area contributed by atoms with Crippen molar-refractivity contribution >= 4 is 17.3 Å². The summed E-state index contributed by atoms with van der Waals surface area (Å²) in [5, 5.41) is 13.4. The van der Waals surface area contributed by atoms with E-state index < -0.39 is 16.4 Å². The Hall–Kier alpha value is -4.01. The van der Waals surface area contributed by atoms with Crippen molar-refractivity contribution in [1.29, 1.82) is 0 Å². The molecule has 0 spiro atoms. The van der Waals surface area contributed by atoms with Crippen LogP contribution in [0, 0.1) is 10.1 Å². The third-order valence-corrected chi connectivity index (χ3v) is 3.93. The summed E-state index contributed by atoms with van der Waals surface area (Å²) in [5.74, 6) is -0.279. The van der Waals surface area contributed by atoms with E-state index >= 15 is 0 Å². The second kappa shape index (κ2) is 8.12. The van der Waals surface area contributed by atoms with Crippen molar-refractivity contribution in [3.05, 3.63) is 81.4 Å². The average Bonchev–Trinajstić information content (AvgIpc) is 2.70. The number of aromatic nitrogens is 2. The number of nitro groups is 1. The molecule has 1 heterocycles. The maximum absolute atomic E-state index is 12.3. The summed E-state index contributed by atoms with van der Waals surface area (Å²) in [6, 6.07) is 14.4. The Bertz CT molecular complexity index is 1080. The van der Waals surface area contributed by atoms with Gasteiger partial charge in [0.15, 0.2) is 0 Å². The molecule has 9 heteroatoms. The molecule has 0 aliphatic heterocycles. The molecule has 9 nitrogen and oxygen atoms in total. The van der Waals surface area contributed by atoms with Gasteiger partial charge in [-0.05, 0) is 6.07 Å². The number of nitrogens with one attached hydrogen (secondary N) is 1. The number of rotatable bonds is 6. The number of carbonyl (C=O) groups excluding carboxylic acids is 1. The van der Waals surface area contributed by atoms with Gasteiger partial charge in [0, 0.05) is 23.8 Å². The number of hydrogen-bond acceptors (Lipinski definition) is 6. The molecule has 1 N–H and O–H groups in total. The van der Waals surface area contributed by atoms with Crippen LogP contribution >= 0.6 is 0 Å². The summed E-state index contributed by atoms with van der Waals surface area (Å²) in [4.78, 5) is 39.2. The van der Waals surface area contributed by atoms with Crippen molar-refractivity contribution in [2.45, 2.75) is 6.54 Å². The molecule has 2 aromatic carbocycles. The number of benzene rings is 2. The standard InChI is InChI=1S/C19H16N4O5/c1-28-17-8-7-14(23(26)27)9-16(17)21-18(24)11-22-12-20-15(10-19(22)25)13-5-3-2-4-6-13/h2-10,12H,11H2,1H3,(H,21,24). The molecule has 3 rings (SSSR count). The molecule has 0 saturated heterocycles. The zero-order valence-corrected chi connectivity index (χ0v) is 14.9. The van der Waals surface area contributed by atoms with Crippen molar-refractivity contribution in [3.8, 4) is 17.0 Å². The van der Waals surface area contributed by atoms with Gasteiger partial charge in [-0.15, -0.1) is 0 Å². The van der Waals surface area contributed by atoms with Gasteiger partial charge >= 0.3 is 0 Å². The maximum Gasteiger partial charge on any atom is 0.271 e. The fourth-order valence-electron chi connectivity index (χ4n) is 2.56. The number of carbonyl (C=O) groups is 1. The minimum absolute atomic E-state index is 0.142. The first-order valence-corrected chi connectivity index (χ1v) is 8.22. The highest BCUT2D eigenvalue weighted by Gasteiger charge is 2.14. The van der Waals surface area contributed by atoms with Crippen molar-refractivity contribution in [2.24, 2.45) is 0 Å². The second-order valence-electron chi connectivity index (χ2n) is 5.80. The van der Waals surface area contributed by atoms with E-state index in [1.54, 1.807) is 0 Å². The molecular formula is C19H16N4O5. The van der Waals surface area contributed by atoms with Gasteiger partial charge in [-0.2, -0.15) is 0 Å². The normalized spacial score (nSPS) is 10.3. The Kier molecular flexibility index (Phi) is 5.45. The van der Waals surface area contributed by atoms with E-state index in [-0.39, 0.29) is 23.7 Å². The summed E-state index contributed by atoms with van der Waals surface area (Å²) < 4.78 is 6.25. The fourth-order valence-corrected chi connectivity index (χ4v) is 2.56. The number of amides is 1. The van der Waals surface area contributed by atoms with Gasteiger partial charge in [-0.3, -0.25) is 24.3 Å². The minimum Gasteiger partial charge on any atom is -0.495 e. The van der Waals surface area contributed by atoms with Crippen LogP contribution in [-0.2, 0) is 11.3 Å². The highest BCUT2D eigenvalue weighted by molar-refractivity contribution is 5.92. The largest absolute Gasteiger partial charge is 0.495 e. The van der Waals surface area contributed by atoms with Gasteiger partial charge in [0.1, 0.15) is 12.3 Å². The average molecular weight is 380 g/mol. The molecule has 1 amide bonds. The van der Waals surface area contributed by atoms with Gasteiger partial charge in [0.25, 0.3) is 11.2 Å². The van der Waals surface area contributed by atoms with Crippen LogP contribution < -0.4 is 15.6 Å². The van der Waals surface area contributed by atoms with Crippen LogP contribution in [0.1, 0.15) is 0 Å². The van der Waals surface area contributed by atoms with E-state index in [1.807, 2.05) is 30.3 Å². The summed E-state index contributed by atoms with van der Waals surface area (Å²) in [6.07, 6.45) is 1.29. The molecule has 28 heavy (non-hydrogen) atoms. The molecule has 0 bridgehead atoms. The highest BCUT2D eigenvalue weighted by atomic mass is 16.6. The molecule has 0 saturated carbocycles. The molecule has 0 aliphatic rings. The molecule has 0 fully saturated rings. The van der Waals surface area contributed by atoms with Crippen molar-refractivity contribution in [2.75, 3.05) is 12.4 Å². The first kappa shape index (κ1) is 18.8. The number of hydrogen-bond donors (Lipinski definition) is 1. The predicted octanol–water partition coefficient (Wildman–Crippen LogP) is 2.47. The van der Waals surface area contributed by atoms with E-state index in [0.29, 0.717) is 5.69 Å². The minimum atomic E-state index is -0.578. The third kappa shape index (κ3) is 4.21. The first-order valence-electron chi connectivity index (χ1n) is 8.22. The van der Waals surface area contributed by atoms with E-state index in [2.05, 4.69) is 10.3 Å². The van der Waals surface area contributed by atoms with Crippen molar-refractivity contribution in [3.63, 3.8) is 0 Å². The van der Waals surface area contributed by atoms with Crippen molar-refractivity contribution in [1.82, 2.24) is 9.55 Å². The van der Waals surface area contributed by atoms with Gasteiger partial charge in [-0.25, -0.2) is 4.98 Å². The second-order valence-corrected chi connectivity index (χ2v) is 5.80. The topological polar surface area (TPSA) is 116 Å². The summed E-state index contributed by atoms with van der Waals surface area (Å²) in [5.41, 5.74) is 0.848. The van der Waals surface area contributed by atoms with Gasteiger partial charge in [0.05, 0.1) is 29.7 Å².